The zero-order chi connectivity index (χ0) is 9.26. The number of anilines is 1. The van der Waals surface area contributed by atoms with Crippen LogP contribution >= 0.6 is 11.6 Å². The lowest BCUT2D eigenvalue weighted by Crippen LogP contribution is -2.05. The fraction of sp³-hybridized carbons (Fsp3) is 0.500. The number of aromatic nitrogens is 1. The van der Waals surface area contributed by atoms with Crippen molar-refractivity contribution in [2.45, 2.75) is 31.7 Å². The van der Waals surface area contributed by atoms with E-state index in [4.69, 9.17) is 11.6 Å². The average Bonchev–Trinajstić information content (AvgIpc) is 2.92. The summed E-state index contributed by atoms with van der Waals surface area (Å²) in [5, 5.41) is 3.38. The molecule has 1 aliphatic rings. The molecule has 13 heavy (non-hydrogen) atoms. The fourth-order valence-electron chi connectivity index (χ4n) is 1.28. The maximum absolute atomic E-state index is 5.71. The SMILES string of the molecule is Cc1cc(CCl)cnc1NC1CC1. The summed E-state index contributed by atoms with van der Waals surface area (Å²) in [4.78, 5) is 4.33. The standard InChI is InChI=1S/C10H13ClN2/c1-7-4-8(5-11)6-12-10(7)13-9-2-3-9/h4,6,9H,2-3,5H2,1H3,(H,12,13). The molecule has 1 aromatic heterocycles. The van der Waals surface area contributed by atoms with Crippen LogP contribution in [-0.2, 0) is 5.88 Å². The van der Waals surface area contributed by atoms with Crippen LogP contribution in [0.4, 0.5) is 5.82 Å². The van der Waals surface area contributed by atoms with E-state index >= 15 is 0 Å². The Morgan fingerprint density at radius 3 is 2.92 bits per heavy atom. The van der Waals surface area contributed by atoms with E-state index in [0.29, 0.717) is 11.9 Å². The molecule has 0 atom stereocenters. The Hall–Kier alpha value is -0.760. The van der Waals surface area contributed by atoms with Crippen LogP contribution in [0.15, 0.2) is 12.3 Å². The zero-order valence-corrected chi connectivity index (χ0v) is 8.43. The van der Waals surface area contributed by atoms with Gasteiger partial charge in [0.1, 0.15) is 5.82 Å². The third-order valence-electron chi connectivity index (χ3n) is 2.21. The van der Waals surface area contributed by atoms with Crippen LogP contribution < -0.4 is 5.32 Å². The van der Waals surface area contributed by atoms with Crippen molar-refractivity contribution in [3.05, 3.63) is 23.4 Å². The second-order valence-corrected chi connectivity index (χ2v) is 3.83. The molecule has 0 aliphatic heterocycles. The molecule has 0 radical (unpaired) electrons. The Kier molecular flexibility index (Phi) is 2.40. The summed E-state index contributed by atoms with van der Waals surface area (Å²) < 4.78 is 0. The fourth-order valence-corrected chi connectivity index (χ4v) is 1.42. The van der Waals surface area contributed by atoms with Crippen molar-refractivity contribution in [1.82, 2.24) is 4.98 Å². The molecule has 2 rings (SSSR count). The largest absolute Gasteiger partial charge is 0.367 e. The van der Waals surface area contributed by atoms with E-state index in [-0.39, 0.29) is 0 Å². The topological polar surface area (TPSA) is 24.9 Å². The Morgan fingerprint density at radius 2 is 2.38 bits per heavy atom. The lowest BCUT2D eigenvalue weighted by molar-refractivity contribution is 1.09. The molecule has 1 aliphatic carbocycles. The average molecular weight is 197 g/mol. The smallest absolute Gasteiger partial charge is 0.129 e. The molecule has 0 amide bonds. The van der Waals surface area contributed by atoms with E-state index in [0.717, 1.165) is 11.4 Å². The molecule has 1 saturated carbocycles. The maximum Gasteiger partial charge on any atom is 0.129 e. The number of hydrogen-bond donors (Lipinski definition) is 1. The van der Waals surface area contributed by atoms with Gasteiger partial charge in [0, 0.05) is 18.1 Å². The summed E-state index contributed by atoms with van der Waals surface area (Å²) in [5.41, 5.74) is 2.27. The van der Waals surface area contributed by atoms with Crippen LogP contribution in [0.3, 0.4) is 0 Å². The van der Waals surface area contributed by atoms with E-state index in [1.165, 1.54) is 18.4 Å². The van der Waals surface area contributed by atoms with E-state index < -0.39 is 0 Å². The van der Waals surface area contributed by atoms with Gasteiger partial charge in [0.2, 0.25) is 0 Å². The molecule has 0 aromatic carbocycles. The maximum atomic E-state index is 5.71. The number of hydrogen-bond acceptors (Lipinski definition) is 2. The minimum Gasteiger partial charge on any atom is -0.367 e. The van der Waals surface area contributed by atoms with E-state index in [2.05, 4.69) is 23.3 Å². The second-order valence-electron chi connectivity index (χ2n) is 3.56. The van der Waals surface area contributed by atoms with Gasteiger partial charge in [-0.05, 0) is 37.0 Å². The number of alkyl halides is 1. The summed E-state index contributed by atoms with van der Waals surface area (Å²) in [6, 6.07) is 2.75. The van der Waals surface area contributed by atoms with E-state index in [9.17, 15) is 0 Å². The first-order chi connectivity index (χ1) is 6.29. The zero-order valence-electron chi connectivity index (χ0n) is 7.68. The first kappa shape index (κ1) is 8.82. The van der Waals surface area contributed by atoms with Crippen LogP contribution in [0, 0.1) is 6.92 Å². The minimum atomic E-state index is 0.539. The molecule has 0 saturated heterocycles. The molecule has 1 aromatic rings. The Morgan fingerprint density at radius 1 is 1.62 bits per heavy atom. The highest BCUT2D eigenvalue weighted by Gasteiger charge is 2.21. The third-order valence-corrected chi connectivity index (χ3v) is 2.52. The van der Waals surface area contributed by atoms with Gasteiger partial charge < -0.3 is 5.32 Å². The first-order valence-electron chi connectivity index (χ1n) is 4.57. The van der Waals surface area contributed by atoms with Crippen LogP contribution in [0.2, 0.25) is 0 Å². The molecule has 1 heterocycles. The third kappa shape index (κ3) is 2.13. The van der Waals surface area contributed by atoms with E-state index in [1.54, 1.807) is 0 Å². The molecule has 1 fully saturated rings. The van der Waals surface area contributed by atoms with Crippen LogP contribution in [-0.4, -0.2) is 11.0 Å². The molecular formula is C10H13ClN2. The van der Waals surface area contributed by atoms with Gasteiger partial charge >= 0.3 is 0 Å². The minimum absolute atomic E-state index is 0.539. The summed E-state index contributed by atoms with van der Waals surface area (Å²) in [7, 11) is 0. The van der Waals surface area contributed by atoms with Crippen molar-refractivity contribution in [3.8, 4) is 0 Å². The molecule has 1 N–H and O–H groups in total. The lowest BCUT2D eigenvalue weighted by atomic mass is 10.2. The highest BCUT2D eigenvalue weighted by molar-refractivity contribution is 6.17. The van der Waals surface area contributed by atoms with Crippen molar-refractivity contribution in [3.63, 3.8) is 0 Å². The number of aryl methyl sites for hydroxylation is 1. The van der Waals surface area contributed by atoms with Crippen LogP contribution in [0.25, 0.3) is 0 Å². The lowest BCUT2D eigenvalue weighted by Gasteiger charge is -2.07. The van der Waals surface area contributed by atoms with Gasteiger partial charge in [-0.3, -0.25) is 0 Å². The van der Waals surface area contributed by atoms with Crippen molar-refractivity contribution in [2.75, 3.05) is 5.32 Å². The Balaban J connectivity index is 2.15. The summed E-state index contributed by atoms with van der Waals surface area (Å²) >= 11 is 5.71. The Labute approximate surface area is 83.3 Å². The molecule has 0 unspecified atom stereocenters. The molecule has 3 heteroatoms. The monoisotopic (exact) mass is 196 g/mol. The van der Waals surface area contributed by atoms with E-state index in [1.807, 2.05) is 6.20 Å². The predicted octanol–water partition coefficient (Wildman–Crippen LogP) is 2.70. The number of halogens is 1. The second kappa shape index (κ2) is 3.54. The summed E-state index contributed by atoms with van der Waals surface area (Å²) in [5.74, 6) is 1.55. The van der Waals surface area contributed by atoms with Gasteiger partial charge in [0.15, 0.2) is 0 Å². The number of nitrogens with zero attached hydrogens (tertiary/aromatic N) is 1. The van der Waals surface area contributed by atoms with Crippen LogP contribution in [0.1, 0.15) is 24.0 Å². The summed E-state index contributed by atoms with van der Waals surface area (Å²) in [6.07, 6.45) is 4.39. The van der Waals surface area contributed by atoms with Crippen molar-refractivity contribution in [1.29, 1.82) is 0 Å². The molecular weight excluding hydrogens is 184 g/mol. The normalized spacial score (nSPS) is 15.8. The van der Waals surface area contributed by atoms with Crippen LogP contribution in [0.5, 0.6) is 0 Å². The summed E-state index contributed by atoms with van der Waals surface area (Å²) in [6.45, 7) is 2.06. The first-order valence-corrected chi connectivity index (χ1v) is 5.11. The van der Waals surface area contributed by atoms with Gasteiger partial charge in [-0.2, -0.15) is 0 Å². The van der Waals surface area contributed by atoms with Gasteiger partial charge in [0.25, 0.3) is 0 Å². The highest BCUT2D eigenvalue weighted by Crippen LogP contribution is 2.25. The Bertz CT molecular complexity index is 308. The molecule has 70 valence electrons. The van der Waals surface area contributed by atoms with Crippen molar-refractivity contribution >= 4 is 17.4 Å². The number of pyridine rings is 1. The molecule has 0 bridgehead atoms. The highest BCUT2D eigenvalue weighted by atomic mass is 35.5. The molecule has 2 nitrogen and oxygen atoms in total. The van der Waals surface area contributed by atoms with Crippen molar-refractivity contribution < 1.29 is 0 Å². The van der Waals surface area contributed by atoms with Gasteiger partial charge in [-0.1, -0.05) is 0 Å². The number of rotatable bonds is 3. The quantitative estimate of drug-likeness (QED) is 0.752. The number of nitrogens with one attached hydrogen (secondary N) is 1. The van der Waals surface area contributed by atoms with Gasteiger partial charge in [-0.15, -0.1) is 11.6 Å². The van der Waals surface area contributed by atoms with Gasteiger partial charge in [-0.25, -0.2) is 4.98 Å². The predicted molar refractivity (Wildman–Crippen MR) is 55.2 cm³/mol. The molecule has 0 spiro atoms. The van der Waals surface area contributed by atoms with Gasteiger partial charge in [0.05, 0.1) is 0 Å². The van der Waals surface area contributed by atoms with Crippen molar-refractivity contribution in [2.24, 2.45) is 0 Å².